The summed E-state index contributed by atoms with van der Waals surface area (Å²) in [5, 5.41) is 3.73. The third kappa shape index (κ3) is 8.28. The van der Waals surface area contributed by atoms with Crippen LogP contribution in [0.1, 0.15) is 70.9 Å². The van der Waals surface area contributed by atoms with Crippen molar-refractivity contribution in [2.24, 2.45) is 0 Å². The van der Waals surface area contributed by atoms with Gasteiger partial charge in [-0.25, -0.2) is 0 Å². The molecule has 0 saturated heterocycles. The average Bonchev–Trinajstić information content (AvgIpc) is 2.45. The molecule has 0 aliphatic rings. The lowest BCUT2D eigenvalue weighted by molar-refractivity contribution is 0.327. The molecule has 2 heteroatoms. The van der Waals surface area contributed by atoms with Crippen LogP contribution in [-0.2, 0) is 0 Å². The SMILES string of the molecule is C=CC(NC(C)(C)CCCCCCC)c1ccccc1.Cl. The van der Waals surface area contributed by atoms with E-state index in [0.717, 1.165) is 0 Å². The lowest BCUT2D eigenvalue weighted by atomic mass is 9.93. The van der Waals surface area contributed by atoms with E-state index < -0.39 is 0 Å². The Bertz CT molecular complexity index is 372. The van der Waals surface area contributed by atoms with Gasteiger partial charge in [0.1, 0.15) is 0 Å². The standard InChI is InChI=1S/C19H31N.ClH/c1-5-7-8-9-13-16-19(3,4)20-18(6-2)17-14-11-10-12-15-17;/h6,10-12,14-15,18,20H,2,5,7-9,13,16H2,1,3-4H3;1H. The summed E-state index contributed by atoms with van der Waals surface area (Å²) in [6, 6.07) is 10.8. The lowest BCUT2D eigenvalue weighted by Crippen LogP contribution is -2.41. The van der Waals surface area contributed by atoms with E-state index in [1.165, 1.54) is 44.1 Å². The maximum Gasteiger partial charge on any atom is 0.0507 e. The summed E-state index contributed by atoms with van der Waals surface area (Å²) in [5.41, 5.74) is 1.45. The van der Waals surface area contributed by atoms with Gasteiger partial charge in [0, 0.05) is 5.54 Å². The molecule has 0 fully saturated rings. The molecule has 0 aromatic heterocycles. The molecule has 1 unspecified atom stereocenters. The van der Waals surface area contributed by atoms with Gasteiger partial charge in [0.05, 0.1) is 6.04 Å². The predicted molar refractivity (Wildman–Crippen MR) is 97.2 cm³/mol. The summed E-state index contributed by atoms with van der Waals surface area (Å²) in [6.07, 6.45) is 9.93. The highest BCUT2D eigenvalue weighted by Crippen LogP contribution is 2.22. The van der Waals surface area contributed by atoms with Gasteiger partial charge < -0.3 is 5.32 Å². The van der Waals surface area contributed by atoms with Crippen molar-refractivity contribution in [3.63, 3.8) is 0 Å². The van der Waals surface area contributed by atoms with Crippen molar-refractivity contribution in [2.45, 2.75) is 70.9 Å². The summed E-state index contributed by atoms with van der Waals surface area (Å²) in [5.74, 6) is 0. The molecule has 1 aromatic carbocycles. The fourth-order valence-electron chi connectivity index (χ4n) is 2.60. The van der Waals surface area contributed by atoms with Gasteiger partial charge in [0.2, 0.25) is 0 Å². The third-order valence-electron chi connectivity index (χ3n) is 3.85. The van der Waals surface area contributed by atoms with Gasteiger partial charge in [-0.3, -0.25) is 0 Å². The maximum absolute atomic E-state index is 3.98. The molecule has 1 aromatic rings. The second kappa shape index (κ2) is 10.9. The molecule has 1 N–H and O–H groups in total. The Morgan fingerprint density at radius 1 is 1.10 bits per heavy atom. The molecule has 0 spiro atoms. The Morgan fingerprint density at radius 3 is 2.29 bits per heavy atom. The fraction of sp³-hybridized carbons (Fsp3) is 0.579. The van der Waals surface area contributed by atoms with Gasteiger partial charge >= 0.3 is 0 Å². The van der Waals surface area contributed by atoms with E-state index in [4.69, 9.17) is 0 Å². The first-order valence-electron chi connectivity index (χ1n) is 8.04. The number of hydrogen-bond acceptors (Lipinski definition) is 1. The molecule has 0 amide bonds. The van der Waals surface area contributed by atoms with Crippen LogP contribution in [0, 0.1) is 0 Å². The van der Waals surface area contributed by atoms with E-state index in [9.17, 15) is 0 Å². The van der Waals surface area contributed by atoms with E-state index in [2.05, 4.69) is 63.0 Å². The van der Waals surface area contributed by atoms with E-state index in [-0.39, 0.29) is 24.0 Å². The van der Waals surface area contributed by atoms with Gasteiger partial charge in [-0.15, -0.1) is 19.0 Å². The van der Waals surface area contributed by atoms with Crippen LogP contribution in [0.25, 0.3) is 0 Å². The molecule has 0 aliphatic heterocycles. The molecule has 120 valence electrons. The smallest absolute Gasteiger partial charge is 0.0507 e. The zero-order valence-corrected chi connectivity index (χ0v) is 14.7. The minimum Gasteiger partial charge on any atom is -0.302 e. The first-order valence-corrected chi connectivity index (χ1v) is 8.04. The lowest BCUT2D eigenvalue weighted by Gasteiger charge is -2.31. The first-order chi connectivity index (χ1) is 9.59. The Labute approximate surface area is 137 Å². The molecule has 1 rings (SSSR count). The van der Waals surface area contributed by atoms with Crippen molar-refractivity contribution in [1.29, 1.82) is 0 Å². The predicted octanol–water partition coefficient (Wildman–Crippen LogP) is 6.06. The molecule has 1 nitrogen and oxygen atoms in total. The van der Waals surface area contributed by atoms with Gasteiger partial charge in [-0.05, 0) is 25.8 Å². The average molecular weight is 310 g/mol. The Kier molecular flexibility index (Phi) is 10.5. The van der Waals surface area contributed by atoms with Gasteiger partial charge in [0.15, 0.2) is 0 Å². The number of hydrogen-bond donors (Lipinski definition) is 1. The molecule has 0 saturated carbocycles. The van der Waals surface area contributed by atoms with E-state index in [1.54, 1.807) is 0 Å². The van der Waals surface area contributed by atoms with Crippen LogP contribution in [0.4, 0.5) is 0 Å². The van der Waals surface area contributed by atoms with Crippen molar-refractivity contribution < 1.29 is 0 Å². The maximum atomic E-state index is 3.98. The number of nitrogens with one attached hydrogen (secondary N) is 1. The zero-order chi connectivity index (χ0) is 14.8. The minimum atomic E-state index is 0. The first kappa shape index (κ1) is 20.2. The molecule has 0 bridgehead atoms. The van der Waals surface area contributed by atoms with Crippen LogP contribution in [0.15, 0.2) is 43.0 Å². The second-order valence-electron chi connectivity index (χ2n) is 6.32. The Morgan fingerprint density at radius 2 is 1.71 bits per heavy atom. The molecular formula is C19H32ClN. The van der Waals surface area contributed by atoms with Crippen molar-refractivity contribution in [2.75, 3.05) is 0 Å². The van der Waals surface area contributed by atoms with Crippen LogP contribution in [0.3, 0.4) is 0 Å². The van der Waals surface area contributed by atoms with Crippen LogP contribution in [0.5, 0.6) is 0 Å². The van der Waals surface area contributed by atoms with Crippen molar-refractivity contribution in [3.8, 4) is 0 Å². The van der Waals surface area contributed by atoms with Crippen molar-refractivity contribution in [3.05, 3.63) is 48.6 Å². The van der Waals surface area contributed by atoms with Crippen LogP contribution < -0.4 is 5.32 Å². The summed E-state index contributed by atoms with van der Waals surface area (Å²) >= 11 is 0. The van der Waals surface area contributed by atoms with Crippen LogP contribution in [0.2, 0.25) is 0 Å². The summed E-state index contributed by atoms with van der Waals surface area (Å²) in [7, 11) is 0. The molecule has 0 aliphatic carbocycles. The van der Waals surface area contributed by atoms with E-state index in [0.29, 0.717) is 0 Å². The Hall–Kier alpha value is -0.790. The molecular weight excluding hydrogens is 278 g/mol. The third-order valence-corrected chi connectivity index (χ3v) is 3.85. The van der Waals surface area contributed by atoms with Crippen molar-refractivity contribution >= 4 is 12.4 Å². The highest BCUT2D eigenvalue weighted by molar-refractivity contribution is 5.85. The monoisotopic (exact) mass is 309 g/mol. The fourth-order valence-corrected chi connectivity index (χ4v) is 2.60. The highest BCUT2D eigenvalue weighted by atomic mass is 35.5. The van der Waals surface area contributed by atoms with Gasteiger partial charge in [-0.1, -0.05) is 75.4 Å². The zero-order valence-electron chi connectivity index (χ0n) is 13.9. The highest BCUT2D eigenvalue weighted by Gasteiger charge is 2.20. The second-order valence-corrected chi connectivity index (χ2v) is 6.32. The molecule has 0 heterocycles. The number of rotatable bonds is 10. The molecule has 21 heavy (non-hydrogen) atoms. The number of unbranched alkanes of at least 4 members (excludes halogenated alkanes) is 4. The normalized spacial score (nSPS) is 12.5. The molecule has 0 radical (unpaired) electrons. The number of halogens is 1. The Balaban J connectivity index is 0.00000400. The largest absolute Gasteiger partial charge is 0.302 e. The quantitative estimate of drug-likeness (QED) is 0.409. The topological polar surface area (TPSA) is 12.0 Å². The summed E-state index contributed by atoms with van der Waals surface area (Å²) in [6.45, 7) is 10.8. The summed E-state index contributed by atoms with van der Waals surface area (Å²) in [4.78, 5) is 0. The minimum absolute atomic E-state index is 0. The van der Waals surface area contributed by atoms with Gasteiger partial charge in [-0.2, -0.15) is 0 Å². The number of benzene rings is 1. The molecule has 1 atom stereocenters. The van der Waals surface area contributed by atoms with Gasteiger partial charge in [0.25, 0.3) is 0 Å². The van der Waals surface area contributed by atoms with E-state index >= 15 is 0 Å². The van der Waals surface area contributed by atoms with Crippen LogP contribution in [-0.4, -0.2) is 5.54 Å². The van der Waals surface area contributed by atoms with Crippen LogP contribution >= 0.6 is 12.4 Å². The van der Waals surface area contributed by atoms with E-state index in [1.807, 2.05) is 6.08 Å². The summed E-state index contributed by atoms with van der Waals surface area (Å²) < 4.78 is 0. The van der Waals surface area contributed by atoms with Crippen molar-refractivity contribution in [1.82, 2.24) is 5.32 Å².